The van der Waals surface area contributed by atoms with Crippen LogP contribution in [0.15, 0.2) is 5.16 Å². The van der Waals surface area contributed by atoms with Gasteiger partial charge in [0, 0.05) is 6.54 Å². The molecule has 4 fully saturated rings. The van der Waals surface area contributed by atoms with Crippen molar-refractivity contribution in [2.45, 2.75) is 77.7 Å². The van der Waals surface area contributed by atoms with Gasteiger partial charge in [0.2, 0.25) is 0 Å². The molecule has 1 N–H and O–H groups in total. The second kappa shape index (κ2) is 7.33. The predicted octanol–water partition coefficient (Wildman–Crippen LogP) is 4.32. The highest BCUT2D eigenvalue weighted by molar-refractivity contribution is 5.85. The molecule has 0 aliphatic heterocycles. The molecule has 4 aliphatic rings. The van der Waals surface area contributed by atoms with Gasteiger partial charge in [-0.1, -0.05) is 19.0 Å². The number of aliphatic hydroxyl groups is 1. The van der Waals surface area contributed by atoms with Crippen molar-refractivity contribution in [3.8, 4) is 0 Å². The van der Waals surface area contributed by atoms with Gasteiger partial charge in [0.05, 0.1) is 11.8 Å². The monoisotopic (exact) mass is 376 g/mol. The molecule has 0 heterocycles. The summed E-state index contributed by atoms with van der Waals surface area (Å²) < 4.78 is 0. The number of hydrogen-bond donors (Lipinski definition) is 1. The van der Waals surface area contributed by atoms with Crippen LogP contribution in [0.2, 0.25) is 0 Å². The Labute approximate surface area is 165 Å². The maximum Gasteiger partial charge on any atom is 0.129 e. The summed E-state index contributed by atoms with van der Waals surface area (Å²) in [6, 6.07) is 0. The number of hydrogen-bond acceptors (Lipinski definition) is 4. The van der Waals surface area contributed by atoms with Crippen LogP contribution in [0.25, 0.3) is 0 Å². The summed E-state index contributed by atoms with van der Waals surface area (Å²) in [5.41, 5.74) is 1.97. The molecule has 0 radical (unpaired) electrons. The van der Waals surface area contributed by atoms with Crippen molar-refractivity contribution >= 4 is 5.71 Å². The third-order valence-corrected chi connectivity index (χ3v) is 9.27. The van der Waals surface area contributed by atoms with Gasteiger partial charge in [0.1, 0.15) is 6.61 Å². The highest BCUT2D eigenvalue weighted by Crippen LogP contribution is 2.65. The molecule has 4 rings (SSSR count). The van der Waals surface area contributed by atoms with Crippen molar-refractivity contribution in [3.05, 3.63) is 0 Å². The zero-order chi connectivity index (χ0) is 19.2. The van der Waals surface area contributed by atoms with Gasteiger partial charge in [-0.05, 0) is 106 Å². The van der Waals surface area contributed by atoms with E-state index in [4.69, 9.17) is 4.84 Å². The van der Waals surface area contributed by atoms with Crippen LogP contribution in [0.1, 0.15) is 71.6 Å². The number of likely N-dealkylation sites (N-methyl/N-ethyl adjacent to an activating group) is 1. The van der Waals surface area contributed by atoms with Crippen LogP contribution in [0.3, 0.4) is 0 Å². The quantitative estimate of drug-likeness (QED) is 0.587. The highest BCUT2D eigenvalue weighted by Gasteiger charge is 2.59. The van der Waals surface area contributed by atoms with E-state index in [0.29, 0.717) is 12.0 Å². The van der Waals surface area contributed by atoms with Crippen molar-refractivity contribution in [1.82, 2.24) is 4.90 Å². The van der Waals surface area contributed by atoms with Gasteiger partial charge in [0.15, 0.2) is 0 Å². The zero-order valence-electron chi connectivity index (χ0n) is 17.9. The minimum Gasteiger partial charge on any atom is -0.394 e. The molecule has 7 atom stereocenters. The predicted molar refractivity (Wildman–Crippen MR) is 110 cm³/mol. The van der Waals surface area contributed by atoms with Crippen molar-refractivity contribution in [1.29, 1.82) is 0 Å². The molecule has 0 aromatic rings. The maximum atomic E-state index is 10.6. The Morgan fingerprint density at radius 1 is 1.04 bits per heavy atom. The largest absolute Gasteiger partial charge is 0.394 e. The topological polar surface area (TPSA) is 45.1 Å². The fraction of sp³-hybridized carbons (Fsp3) is 0.957. The first-order chi connectivity index (χ1) is 12.8. The van der Waals surface area contributed by atoms with Crippen LogP contribution in [0.4, 0.5) is 0 Å². The second-order valence-corrected chi connectivity index (χ2v) is 10.8. The first kappa shape index (κ1) is 19.7. The average Bonchev–Trinajstić information content (AvgIpc) is 2.94. The summed E-state index contributed by atoms with van der Waals surface area (Å²) in [5, 5.41) is 15.1. The molecule has 4 saturated carbocycles. The first-order valence-electron chi connectivity index (χ1n) is 11.3. The molecule has 4 nitrogen and oxygen atoms in total. The smallest absolute Gasteiger partial charge is 0.129 e. The molecule has 0 aromatic carbocycles. The Morgan fingerprint density at radius 3 is 2.59 bits per heavy atom. The van der Waals surface area contributed by atoms with Crippen molar-refractivity contribution in [2.24, 2.45) is 39.7 Å². The summed E-state index contributed by atoms with van der Waals surface area (Å²) in [5.74, 6) is 3.24. The Balaban J connectivity index is 1.43. The van der Waals surface area contributed by atoms with Gasteiger partial charge in [-0.3, -0.25) is 0 Å². The molecule has 0 saturated heterocycles. The molecule has 154 valence electrons. The Bertz CT molecular complexity index is 577. The van der Waals surface area contributed by atoms with Gasteiger partial charge in [-0.2, -0.15) is 0 Å². The molecule has 4 heteroatoms. The molecular weight excluding hydrogens is 336 g/mol. The lowest BCUT2D eigenvalue weighted by molar-refractivity contribution is -0.112. The van der Waals surface area contributed by atoms with Gasteiger partial charge in [-0.15, -0.1) is 0 Å². The van der Waals surface area contributed by atoms with Crippen LogP contribution in [-0.4, -0.2) is 49.1 Å². The molecular formula is C23H40N2O2. The van der Waals surface area contributed by atoms with Crippen molar-refractivity contribution in [3.63, 3.8) is 0 Å². The van der Waals surface area contributed by atoms with Gasteiger partial charge < -0.3 is 14.8 Å². The van der Waals surface area contributed by atoms with Crippen molar-refractivity contribution in [2.75, 3.05) is 27.2 Å². The number of fused-ring (bicyclic) bond motifs is 5. The van der Waals surface area contributed by atoms with E-state index in [2.05, 4.69) is 38.0 Å². The molecule has 4 aliphatic carbocycles. The highest BCUT2D eigenvalue weighted by atomic mass is 16.6. The summed E-state index contributed by atoms with van der Waals surface area (Å²) >= 11 is 0. The van der Waals surface area contributed by atoms with Gasteiger partial charge >= 0.3 is 0 Å². The number of aliphatic hydroxyl groups excluding tert-OH is 1. The Morgan fingerprint density at radius 2 is 1.81 bits per heavy atom. The van der Waals surface area contributed by atoms with Crippen LogP contribution < -0.4 is 0 Å². The van der Waals surface area contributed by atoms with E-state index in [1.165, 1.54) is 44.2 Å². The summed E-state index contributed by atoms with van der Waals surface area (Å²) in [6.45, 7) is 6.59. The first-order valence-corrected chi connectivity index (χ1v) is 11.3. The van der Waals surface area contributed by atoms with E-state index in [-0.39, 0.29) is 11.5 Å². The van der Waals surface area contributed by atoms with E-state index in [1.54, 1.807) is 0 Å². The van der Waals surface area contributed by atoms with Crippen LogP contribution in [0, 0.1) is 34.5 Å². The summed E-state index contributed by atoms with van der Waals surface area (Å²) in [7, 11) is 4.14. The number of nitrogens with zero attached hydrogens (tertiary/aromatic N) is 2. The van der Waals surface area contributed by atoms with E-state index in [1.807, 2.05) is 0 Å². The third-order valence-electron chi connectivity index (χ3n) is 9.27. The summed E-state index contributed by atoms with van der Waals surface area (Å²) in [6.07, 6.45) is 11.0. The number of rotatable bonds is 4. The van der Waals surface area contributed by atoms with Crippen molar-refractivity contribution < 1.29 is 9.94 Å². The third kappa shape index (κ3) is 3.35. The van der Waals surface area contributed by atoms with Crippen LogP contribution in [-0.2, 0) is 4.84 Å². The van der Waals surface area contributed by atoms with Crippen LogP contribution >= 0.6 is 0 Å². The molecule has 0 aromatic heterocycles. The van der Waals surface area contributed by atoms with E-state index in [9.17, 15) is 5.11 Å². The molecule has 27 heavy (non-hydrogen) atoms. The maximum absolute atomic E-state index is 10.6. The molecule has 4 unspecified atom stereocenters. The normalized spacial score (nSPS) is 48.2. The summed E-state index contributed by atoms with van der Waals surface area (Å²) in [4.78, 5) is 7.74. The number of oxime groups is 1. The van der Waals surface area contributed by atoms with E-state index < -0.39 is 0 Å². The fourth-order valence-corrected chi connectivity index (χ4v) is 7.48. The lowest BCUT2D eigenvalue weighted by Crippen LogP contribution is -2.54. The SMILES string of the molecule is CN(C)CCO/N=C1/CC[C@@]2(C)C(CCC3C2CC[C@@]2(C)C3CC[C@@H]2O)C1. The minimum atomic E-state index is -0.0571. The van der Waals surface area contributed by atoms with E-state index in [0.717, 1.165) is 49.5 Å². The second-order valence-electron chi connectivity index (χ2n) is 10.8. The Kier molecular flexibility index (Phi) is 5.35. The molecule has 0 amide bonds. The molecule has 0 spiro atoms. The lowest BCUT2D eigenvalue weighted by Gasteiger charge is -2.60. The standard InChI is InChI=1S/C23H40N2O2/c1-22-11-9-17(24-27-14-13-25(3)4)15-16(22)5-6-18-19-7-8-21(26)23(19,2)12-10-20(18)22/h16,18-21,26H,5-15H2,1-4H3/b24-17-/t16?,18?,19?,20?,21-,22-,23-/m0/s1. The lowest BCUT2D eigenvalue weighted by atomic mass is 9.45. The minimum absolute atomic E-state index is 0.0571. The molecule has 0 bridgehead atoms. The van der Waals surface area contributed by atoms with Gasteiger partial charge in [-0.25, -0.2) is 0 Å². The Hall–Kier alpha value is -0.610. The van der Waals surface area contributed by atoms with E-state index >= 15 is 0 Å². The van der Waals surface area contributed by atoms with Crippen LogP contribution in [0.5, 0.6) is 0 Å². The zero-order valence-corrected chi connectivity index (χ0v) is 17.9. The van der Waals surface area contributed by atoms with Gasteiger partial charge in [0.25, 0.3) is 0 Å². The fourth-order valence-electron chi connectivity index (χ4n) is 7.48. The average molecular weight is 377 g/mol.